The topological polar surface area (TPSA) is 41.1 Å². The van der Waals surface area contributed by atoms with Gasteiger partial charge in [-0.2, -0.15) is 0 Å². The van der Waals surface area contributed by atoms with E-state index in [1.807, 2.05) is 19.9 Å². The van der Waals surface area contributed by atoms with E-state index in [-0.39, 0.29) is 17.0 Å². The van der Waals surface area contributed by atoms with Gasteiger partial charge in [0.2, 0.25) is 5.91 Å². The largest absolute Gasteiger partial charge is 0.355 e. The van der Waals surface area contributed by atoms with Crippen LogP contribution in [-0.2, 0) is 4.79 Å². The summed E-state index contributed by atoms with van der Waals surface area (Å²) >= 11 is 0. The minimum absolute atomic E-state index is 0.00285. The van der Waals surface area contributed by atoms with E-state index in [1.165, 1.54) is 0 Å². The second kappa shape index (κ2) is 2.84. The molecule has 0 aliphatic carbocycles. The Balaban J connectivity index is 3.00. The van der Waals surface area contributed by atoms with Crippen molar-refractivity contribution in [1.29, 1.82) is 0 Å². The van der Waals surface area contributed by atoms with Crippen molar-refractivity contribution in [2.75, 3.05) is 7.05 Å². The van der Waals surface area contributed by atoms with Crippen LogP contribution >= 0.6 is 0 Å². The highest BCUT2D eigenvalue weighted by Gasteiger charge is 2.39. The number of carbonyl (C=O) groups is 1. The molecule has 0 unspecified atom stereocenters. The van der Waals surface area contributed by atoms with E-state index >= 15 is 0 Å². The van der Waals surface area contributed by atoms with Crippen LogP contribution in [0.15, 0.2) is 11.6 Å². The van der Waals surface area contributed by atoms with Gasteiger partial charge in [0.05, 0.1) is 0 Å². The first kappa shape index (κ1) is 10.3. The molecule has 3 heteroatoms. The zero-order valence-corrected chi connectivity index (χ0v) is 8.99. The quantitative estimate of drug-likeness (QED) is 0.630. The van der Waals surface area contributed by atoms with Crippen molar-refractivity contribution in [2.45, 2.75) is 38.8 Å². The van der Waals surface area contributed by atoms with Crippen LogP contribution in [0.3, 0.4) is 0 Å². The van der Waals surface area contributed by atoms with E-state index in [1.54, 1.807) is 7.05 Å². The Kier molecular flexibility index (Phi) is 2.24. The Bertz CT molecular complexity index is 264. The summed E-state index contributed by atoms with van der Waals surface area (Å²) in [6, 6.07) is 0. The molecular formula is C10H18N2O. The lowest BCUT2D eigenvalue weighted by Crippen LogP contribution is -2.47. The van der Waals surface area contributed by atoms with Gasteiger partial charge in [0.25, 0.3) is 0 Å². The van der Waals surface area contributed by atoms with E-state index in [2.05, 4.69) is 24.5 Å². The third kappa shape index (κ3) is 1.91. The predicted molar refractivity (Wildman–Crippen MR) is 53.4 cm³/mol. The molecule has 0 atom stereocenters. The monoisotopic (exact) mass is 182 g/mol. The van der Waals surface area contributed by atoms with E-state index in [9.17, 15) is 4.79 Å². The SMILES string of the molecule is CNC(=O)C1=CC(C)(C)NC1(C)C. The second-order valence-corrected chi connectivity index (χ2v) is 4.61. The lowest BCUT2D eigenvalue weighted by atomic mass is 9.96. The van der Waals surface area contributed by atoms with Gasteiger partial charge in [-0.3, -0.25) is 10.1 Å². The smallest absolute Gasteiger partial charge is 0.248 e. The summed E-state index contributed by atoms with van der Waals surface area (Å²) in [5.74, 6) is 0.00285. The maximum absolute atomic E-state index is 11.5. The van der Waals surface area contributed by atoms with Crippen molar-refractivity contribution < 1.29 is 4.79 Å². The van der Waals surface area contributed by atoms with Crippen LogP contribution in [0, 0.1) is 0 Å². The number of hydrogen-bond acceptors (Lipinski definition) is 2. The summed E-state index contributed by atoms with van der Waals surface area (Å²) in [6.07, 6.45) is 1.99. The maximum Gasteiger partial charge on any atom is 0.248 e. The van der Waals surface area contributed by atoms with Gasteiger partial charge in [0, 0.05) is 23.7 Å². The van der Waals surface area contributed by atoms with Crippen LogP contribution in [0.2, 0.25) is 0 Å². The Hall–Kier alpha value is -0.830. The lowest BCUT2D eigenvalue weighted by Gasteiger charge is -2.27. The van der Waals surface area contributed by atoms with Crippen molar-refractivity contribution in [3.05, 3.63) is 11.6 Å². The van der Waals surface area contributed by atoms with Crippen LogP contribution in [0.5, 0.6) is 0 Å². The van der Waals surface area contributed by atoms with Crippen LogP contribution in [0.25, 0.3) is 0 Å². The fourth-order valence-electron chi connectivity index (χ4n) is 1.93. The Morgan fingerprint density at radius 3 is 2.23 bits per heavy atom. The zero-order valence-electron chi connectivity index (χ0n) is 8.99. The molecule has 1 aliphatic rings. The molecule has 0 fully saturated rings. The standard InChI is InChI=1S/C10H18N2O/c1-9(2)6-7(8(13)11-5)10(3,4)12-9/h6,12H,1-5H3,(H,11,13). The Morgan fingerprint density at radius 1 is 1.38 bits per heavy atom. The van der Waals surface area contributed by atoms with Crippen molar-refractivity contribution in [2.24, 2.45) is 0 Å². The van der Waals surface area contributed by atoms with Gasteiger partial charge in [-0.05, 0) is 27.7 Å². The van der Waals surface area contributed by atoms with E-state index in [0.29, 0.717) is 0 Å². The summed E-state index contributed by atoms with van der Waals surface area (Å²) in [6.45, 7) is 8.15. The van der Waals surface area contributed by atoms with Crippen LogP contribution < -0.4 is 10.6 Å². The first-order valence-electron chi connectivity index (χ1n) is 4.53. The molecule has 0 bridgehead atoms. The fourth-order valence-corrected chi connectivity index (χ4v) is 1.93. The van der Waals surface area contributed by atoms with Crippen molar-refractivity contribution in [1.82, 2.24) is 10.6 Å². The third-order valence-corrected chi connectivity index (χ3v) is 2.28. The molecule has 1 amide bonds. The molecule has 0 aromatic carbocycles. The molecule has 0 aromatic heterocycles. The maximum atomic E-state index is 11.5. The average Bonchev–Trinajstić information content (AvgIpc) is 2.17. The summed E-state index contributed by atoms with van der Waals surface area (Å²) in [4.78, 5) is 11.5. The second-order valence-electron chi connectivity index (χ2n) is 4.61. The highest BCUT2D eigenvalue weighted by Crippen LogP contribution is 2.29. The van der Waals surface area contributed by atoms with E-state index in [4.69, 9.17) is 0 Å². The Labute approximate surface area is 79.6 Å². The zero-order chi connectivity index (χ0) is 10.3. The van der Waals surface area contributed by atoms with E-state index in [0.717, 1.165) is 5.57 Å². The van der Waals surface area contributed by atoms with Gasteiger partial charge in [-0.1, -0.05) is 6.08 Å². The minimum Gasteiger partial charge on any atom is -0.355 e. The highest BCUT2D eigenvalue weighted by molar-refractivity contribution is 5.96. The molecule has 3 nitrogen and oxygen atoms in total. The van der Waals surface area contributed by atoms with Gasteiger partial charge >= 0.3 is 0 Å². The van der Waals surface area contributed by atoms with Gasteiger partial charge in [0.15, 0.2) is 0 Å². The van der Waals surface area contributed by atoms with Crippen LogP contribution in [0.4, 0.5) is 0 Å². The van der Waals surface area contributed by atoms with Gasteiger partial charge in [-0.15, -0.1) is 0 Å². The molecule has 1 heterocycles. The summed E-state index contributed by atoms with van der Waals surface area (Å²) in [7, 11) is 1.66. The normalized spacial score (nSPS) is 23.9. The van der Waals surface area contributed by atoms with Crippen molar-refractivity contribution >= 4 is 5.91 Å². The summed E-state index contributed by atoms with van der Waals surface area (Å²) in [5.41, 5.74) is 0.495. The van der Waals surface area contributed by atoms with Crippen molar-refractivity contribution in [3.8, 4) is 0 Å². The third-order valence-electron chi connectivity index (χ3n) is 2.28. The molecular weight excluding hydrogens is 164 g/mol. The van der Waals surface area contributed by atoms with Gasteiger partial charge in [-0.25, -0.2) is 0 Å². The predicted octanol–water partition coefficient (Wildman–Crippen LogP) is 0.819. The number of nitrogens with one attached hydrogen (secondary N) is 2. The number of amides is 1. The number of likely N-dealkylation sites (N-methyl/N-ethyl adjacent to an activating group) is 1. The molecule has 1 aliphatic heterocycles. The number of carbonyl (C=O) groups excluding carboxylic acids is 1. The Morgan fingerprint density at radius 2 is 1.92 bits per heavy atom. The van der Waals surface area contributed by atoms with E-state index < -0.39 is 0 Å². The minimum atomic E-state index is -0.233. The molecule has 1 rings (SSSR count). The molecule has 0 saturated carbocycles. The molecule has 0 saturated heterocycles. The van der Waals surface area contributed by atoms with Crippen LogP contribution in [-0.4, -0.2) is 24.0 Å². The summed E-state index contributed by atoms with van der Waals surface area (Å²) in [5, 5.41) is 6.03. The highest BCUT2D eigenvalue weighted by atomic mass is 16.1. The molecule has 13 heavy (non-hydrogen) atoms. The molecule has 74 valence electrons. The fraction of sp³-hybridized carbons (Fsp3) is 0.700. The lowest BCUT2D eigenvalue weighted by molar-refractivity contribution is -0.117. The number of hydrogen-bond donors (Lipinski definition) is 2. The molecule has 2 N–H and O–H groups in total. The molecule has 0 aromatic rings. The van der Waals surface area contributed by atoms with Gasteiger partial charge < -0.3 is 5.32 Å². The van der Waals surface area contributed by atoms with Crippen LogP contribution in [0.1, 0.15) is 27.7 Å². The molecule has 0 radical (unpaired) electrons. The average molecular weight is 182 g/mol. The summed E-state index contributed by atoms with van der Waals surface area (Å²) < 4.78 is 0. The molecule has 0 spiro atoms. The number of rotatable bonds is 1. The first-order valence-corrected chi connectivity index (χ1v) is 4.53. The van der Waals surface area contributed by atoms with Gasteiger partial charge in [0.1, 0.15) is 0 Å². The van der Waals surface area contributed by atoms with Crippen molar-refractivity contribution in [3.63, 3.8) is 0 Å². The first-order chi connectivity index (χ1) is 5.78.